The van der Waals surface area contributed by atoms with Crippen LogP contribution in [0.1, 0.15) is 38.2 Å². The molecule has 0 aliphatic carbocycles. The van der Waals surface area contributed by atoms with E-state index in [4.69, 9.17) is 24.4 Å². The lowest BCUT2D eigenvalue weighted by molar-refractivity contribution is -0.0139. The van der Waals surface area contributed by atoms with Crippen molar-refractivity contribution in [2.24, 2.45) is 13.0 Å². The third-order valence-electron chi connectivity index (χ3n) is 8.32. The summed E-state index contributed by atoms with van der Waals surface area (Å²) in [6, 6.07) is 10.4. The summed E-state index contributed by atoms with van der Waals surface area (Å²) in [6.45, 7) is 9.80. The zero-order chi connectivity index (χ0) is 27.1. The monoisotopic (exact) mass is 533 g/mol. The number of likely N-dealkylation sites (tertiary alicyclic amines) is 1. The summed E-state index contributed by atoms with van der Waals surface area (Å²) in [6.07, 6.45) is 1.97. The van der Waals surface area contributed by atoms with Gasteiger partial charge >= 0.3 is 0 Å². The lowest BCUT2D eigenvalue weighted by Crippen LogP contribution is -2.41. The molecule has 2 saturated heterocycles. The summed E-state index contributed by atoms with van der Waals surface area (Å²) in [5.41, 5.74) is 3.07. The number of aliphatic hydroxyl groups is 1. The van der Waals surface area contributed by atoms with Crippen LogP contribution in [0.5, 0.6) is 0 Å². The van der Waals surface area contributed by atoms with Crippen LogP contribution in [0.25, 0.3) is 28.0 Å². The Morgan fingerprint density at radius 2 is 1.79 bits per heavy atom. The van der Waals surface area contributed by atoms with E-state index in [2.05, 4.69) is 44.2 Å². The Balaban J connectivity index is 1.42. The Morgan fingerprint density at radius 1 is 1.05 bits per heavy atom. The number of anilines is 1. The third-order valence-corrected chi connectivity index (χ3v) is 8.32. The first-order valence-corrected chi connectivity index (χ1v) is 13.9. The van der Waals surface area contributed by atoms with E-state index >= 15 is 0 Å². The number of nitrogens with zero attached hydrogens (tertiary/aromatic N) is 7. The standard InChI is InChI=1S/C29H39N7O3/c1-29(2,37)21-9-11-34(12-10-21)18-24-30-25-26(33(24)3)31-28(32-27(25)35-13-15-39-16-14-35)36-22(19-38-4)17-20-7-5-6-8-23(20)36/h5-8,17,21,37H,9-16,18-19H2,1-4H3. The van der Waals surface area contributed by atoms with Crippen LogP contribution in [0.15, 0.2) is 30.3 Å². The molecule has 1 aromatic carbocycles. The van der Waals surface area contributed by atoms with Crippen LogP contribution in [0.3, 0.4) is 0 Å². The van der Waals surface area contributed by atoms with Gasteiger partial charge in [0.15, 0.2) is 17.0 Å². The van der Waals surface area contributed by atoms with E-state index in [1.165, 1.54) is 0 Å². The molecular weight excluding hydrogens is 494 g/mol. The van der Waals surface area contributed by atoms with E-state index in [9.17, 15) is 5.11 Å². The molecule has 2 aliphatic heterocycles. The van der Waals surface area contributed by atoms with Crippen LogP contribution in [0, 0.1) is 5.92 Å². The van der Waals surface area contributed by atoms with Gasteiger partial charge < -0.3 is 24.0 Å². The van der Waals surface area contributed by atoms with E-state index in [1.807, 2.05) is 26.0 Å². The van der Waals surface area contributed by atoms with E-state index in [0.29, 0.717) is 31.7 Å². The van der Waals surface area contributed by atoms with Gasteiger partial charge in [0.1, 0.15) is 5.82 Å². The van der Waals surface area contributed by atoms with E-state index in [-0.39, 0.29) is 0 Å². The van der Waals surface area contributed by atoms with Crippen LogP contribution in [0.4, 0.5) is 5.82 Å². The SMILES string of the molecule is COCc1cc2ccccc2n1-c1nc(N2CCOCC2)c2nc(CN3CCC(C(C)(C)O)CC3)n(C)c2n1. The van der Waals surface area contributed by atoms with E-state index in [0.717, 1.165) is 85.0 Å². The predicted octanol–water partition coefficient (Wildman–Crippen LogP) is 3.27. The van der Waals surface area contributed by atoms with Crippen LogP contribution < -0.4 is 4.90 Å². The second-order valence-electron chi connectivity index (χ2n) is 11.4. The maximum Gasteiger partial charge on any atom is 0.238 e. The van der Waals surface area contributed by atoms with Crippen LogP contribution >= 0.6 is 0 Å². The molecule has 39 heavy (non-hydrogen) atoms. The second-order valence-corrected chi connectivity index (χ2v) is 11.4. The summed E-state index contributed by atoms with van der Waals surface area (Å²) in [4.78, 5) is 20.1. The van der Waals surface area contributed by atoms with Crippen molar-refractivity contribution in [2.45, 2.75) is 45.4 Å². The van der Waals surface area contributed by atoms with Crippen LogP contribution in [-0.4, -0.2) is 86.2 Å². The molecule has 3 aromatic heterocycles. The fourth-order valence-electron chi connectivity index (χ4n) is 6.02. The normalized spacial score (nSPS) is 18.0. The van der Waals surface area contributed by atoms with Crippen molar-refractivity contribution in [2.75, 3.05) is 51.4 Å². The Hall–Kier alpha value is -3.05. The highest BCUT2D eigenvalue weighted by Crippen LogP contribution is 2.31. The van der Waals surface area contributed by atoms with Gasteiger partial charge in [0, 0.05) is 32.6 Å². The topological polar surface area (TPSA) is 93.7 Å². The predicted molar refractivity (Wildman–Crippen MR) is 151 cm³/mol. The average Bonchev–Trinajstić information content (AvgIpc) is 3.45. The van der Waals surface area contributed by atoms with Gasteiger partial charge in [-0.2, -0.15) is 9.97 Å². The number of para-hydroxylation sites is 1. The number of ether oxygens (including phenoxy) is 2. The first kappa shape index (κ1) is 26.2. The van der Waals surface area contributed by atoms with Crippen LogP contribution in [-0.2, 0) is 29.7 Å². The van der Waals surface area contributed by atoms with Gasteiger partial charge in [-0.1, -0.05) is 18.2 Å². The molecule has 4 aromatic rings. The number of fused-ring (bicyclic) bond motifs is 2. The number of piperidine rings is 1. The highest BCUT2D eigenvalue weighted by molar-refractivity contribution is 5.87. The smallest absolute Gasteiger partial charge is 0.238 e. The van der Waals surface area contributed by atoms with Crippen molar-refractivity contribution in [3.63, 3.8) is 0 Å². The minimum atomic E-state index is -0.632. The summed E-state index contributed by atoms with van der Waals surface area (Å²) < 4.78 is 15.4. The van der Waals surface area contributed by atoms with Gasteiger partial charge in [-0.25, -0.2) is 4.98 Å². The molecule has 1 N–H and O–H groups in total. The summed E-state index contributed by atoms with van der Waals surface area (Å²) >= 11 is 0. The number of morpholine rings is 1. The number of imidazole rings is 1. The molecule has 0 unspecified atom stereocenters. The molecular formula is C29H39N7O3. The summed E-state index contributed by atoms with van der Waals surface area (Å²) in [5.74, 6) is 2.77. The highest BCUT2D eigenvalue weighted by atomic mass is 16.5. The molecule has 5 heterocycles. The van der Waals surface area contributed by atoms with Gasteiger partial charge in [0.05, 0.1) is 43.2 Å². The van der Waals surface area contributed by atoms with Gasteiger partial charge in [0.25, 0.3) is 0 Å². The Bertz CT molecular complexity index is 1460. The molecule has 2 aliphatic rings. The lowest BCUT2D eigenvalue weighted by atomic mass is 9.83. The molecule has 6 rings (SSSR count). The molecule has 0 amide bonds. The van der Waals surface area contributed by atoms with E-state index < -0.39 is 5.60 Å². The Kier molecular flexibility index (Phi) is 7.05. The number of rotatable bonds is 7. The minimum absolute atomic E-state index is 0.327. The Morgan fingerprint density at radius 3 is 2.51 bits per heavy atom. The lowest BCUT2D eigenvalue weighted by Gasteiger charge is -2.37. The number of aryl methyl sites for hydroxylation is 1. The number of aromatic nitrogens is 5. The number of methoxy groups -OCH3 is 1. The zero-order valence-corrected chi connectivity index (χ0v) is 23.4. The minimum Gasteiger partial charge on any atom is -0.390 e. The molecule has 208 valence electrons. The van der Waals surface area contributed by atoms with Crippen molar-refractivity contribution in [1.82, 2.24) is 29.0 Å². The fourth-order valence-corrected chi connectivity index (χ4v) is 6.02. The largest absolute Gasteiger partial charge is 0.390 e. The first-order valence-electron chi connectivity index (χ1n) is 13.9. The van der Waals surface area contributed by atoms with Crippen molar-refractivity contribution in [3.05, 3.63) is 41.9 Å². The zero-order valence-electron chi connectivity index (χ0n) is 23.4. The number of hydrogen-bond acceptors (Lipinski definition) is 8. The first-order chi connectivity index (χ1) is 18.8. The average molecular weight is 534 g/mol. The van der Waals surface area contributed by atoms with Crippen molar-refractivity contribution in [3.8, 4) is 5.95 Å². The second kappa shape index (κ2) is 10.5. The number of benzene rings is 1. The van der Waals surface area contributed by atoms with Gasteiger partial charge in [0.2, 0.25) is 5.95 Å². The summed E-state index contributed by atoms with van der Waals surface area (Å²) in [5, 5.41) is 11.6. The van der Waals surface area contributed by atoms with Gasteiger partial charge in [-0.15, -0.1) is 0 Å². The molecule has 0 radical (unpaired) electrons. The third kappa shape index (κ3) is 5.02. The molecule has 2 fully saturated rings. The van der Waals surface area contributed by atoms with Gasteiger partial charge in [-0.05, 0) is 57.8 Å². The highest BCUT2D eigenvalue weighted by Gasteiger charge is 2.31. The molecule has 0 bridgehead atoms. The van der Waals surface area contributed by atoms with Gasteiger partial charge in [-0.3, -0.25) is 9.47 Å². The molecule has 10 nitrogen and oxygen atoms in total. The van der Waals surface area contributed by atoms with E-state index in [1.54, 1.807) is 7.11 Å². The van der Waals surface area contributed by atoms with Crippen LogP contribution in [0.2, 0.25) is 0 Å². The number of hydrogen-bond donors (Lipinski definition) is 1. The Labute approximate surface area is 229 Å². The maximum absolute atomic E-state index is 10.5. The maximum atomic E-state index is 10.5. The summed E-state index contributed by atoms with van der Waals surface area (Å²) in [7, 11) is 3.76. The van der Waals surface area contributed by atoms with Crippen molar-refractivity contribution >= 4 is 27.9 Å². The molecule has 0 saturated carbocycles. The van der Waals surface area contributed by atoms with Crippen molar-refractivity contribution < 1.29 is 14.6 Å². The fraction of sp³-hybridized carbons (Fsp3) is 0.552. The molecule has 10 heteroatoms. The molecule has 0 spiro atoms. The molecule has 0 atom stereocenters. The quantitative estimate of drug-likeness (QED) is 0.387. The van der Waals surface area contributed by atoms with Crippen molar-refractivity contribution in [1.29, 1.82) is 0 Å².